The molecule has 3 aromatic carbocycles. The van der Waals surface area contributed by atoms with Gasteiger partial charge in [-0.05, 0) is 42.5 Å². The second-order valence-electron chi connectivity index (χ2n) is 9.79. The van der Waals surface area contributed by atoms with Crippen LogP contribution in [0.15, 0.2) is 89.8 Å². The van der Waals surface area contributed by atoms with Crippen molar-refractivity contribution in [3.63, 3.8) is 0 Å². The van der Waals surface area contributed by atoms with Crippen molar-refractivity contribution in [1.82, 2.24) is 19.6 Å². The molecule has 0 bridgehead atoms. The van der Waals surface area contributed by atoms with Crippen molar-refractivity contribution in [3.8, 4) is 28.5 Å². The minimum Gasteiger partial charge on any atom is -0.355 e. The van der Waals surface area contributed by atoms with E-state index in [1.807, 2.05) is 0 Å². The van der Waals surface area contributed by atoms with E-state index in [9.17, 15) is 56.3 Å². The summed E-state index contributed by atoms with van der Waals surface area (Å²) < 4.78 is 166. The summed E-state index contributed by atoms with van der Waals surface area (Å²) in [7, 11) is -9.72. The Morgan fingerprint density at radius 1 is 0.640 bits per heavy atom. The SMILES string of the molecule is CS(=O)(=O)c1cccc(-c2cc(C(F)(F)F)nn2-c2ccccc2Cl)c1.O=S(=O)(Oc1cc(C(F)(F)F)nn1-c1ccccc1Cl)C(F)(F)F. The Balaban J connectivity index is 0.000000226. The zero-order valence-corrected chi connectivity index (χ0v) is 27.5. The average Bonchev–Trinajstić information content (AvgIpc) is 3.62. The Labute approximate surface area is 286 Å². The number of rotatable bonds is 6. The molecule has 50 heavy (non-hydrogen) atoms. The number of hydrogen-bond acceptors (Lipinski definition) is 7. The Kier molecular flexibility index (Phi) is 10.6. The van der Waals surface area contributed by atoms with Crippen molar-refractivity contribution in [1.29, 1.82) is 0 Å². The zero-order chi connectivity index (χ0) is 37.4. The quantitative estimate of drug-likeness (QED) is 0.0965. The average molecular weight is 795 g/mol. The monoisotopic (exact) mass is 794 g/mol. The lowest BCUT2D eigenvalue weighted by Crippen LogP contribution is -2.28. The van der Waals surface area contributed by atoms with E-state index in [1.54, 1.807) is 12.1 Å². The van der Waals surface area contributed by atoms with Gasteiger partial charge in [0.15, 0.2) is 21.2 Å². The first-order chi connectivity index (χ1) is 22.9. The van der Waals surface area contributed by atoms with Crippen LogP contribution in [0.3, 0.4) is 0 Å². The number of sulfone groups is 1. The van der Waals surface area contributed by atoms with Gasteiger partial charge in [-0.15, -0.1) is 0 Å². The van der Waals surface area contributed by atoms with E-state index < -0.39 is 55.1 Å². The predicted molar refractivity (Wildman–Crippen MR) is 161 cm³/mol. The van der Waals surface area contributed by atoms with Crippen molar-refractivity contribution in [3.05, 3.63) is 106 Å². The van der Waals surface area contributed by atoms with Crippen LogP contribution in [0.2, 0.25) is 10.0 Å². The van der Waals surface area contributed by atoms with Gasteiger partial charge >= 0.3 is 28.0 Å². The largest absolute Gasteiger partial charge is 0.534 e. The highest BCUT2D eigenvalue weighted by Crippen LogP contribution is 2.37. The van der Waals surface area contributed by atoms with Crippen LogP contribution in [-0.2, 0) is 32.3 Å². The van der Waals surface area contributed by atoms with Gasteiger partial charge in [0.2, 0.25) is 5.88 Å². The lowest BCUT2D eigenvalue weighted by atomic mass is 10.1. The molecule has 0 unspecified atom stereocenters. The van der Waals surface area contributed by atoms with Crippen LogP contribution in [0.25, 0.3) is 22.6 Å². The Bertz CT molecular complexity index is 2250. The van der Waals surface area contributed by atoms with Crippen molar-refractivity contribution in [2.75, 3.05) is 6.26 Å². The summed E-state index contributed by atoms with van der Waals surface area (Å²) in [4.78, 5) is -0.00420. The molecule has 0 aliphatic heterocycles. The predicted octanol–water partition coefficient (Wildman–Crippen LogP) is 8.39. The standard InChI is InChI=1S/C17H12ClF3N2O2S.C11H5ClF6N2O3S/c1-26(24,25)12-6-4-5-11(9-12)15-10-16(17(19,20)21)22-23(15)14-8-3-2-7-13(14)18;12-6-3-1-2-4-7(6)20-9(5-8(19-20)10(13,14)15)23-24(21,22)11(16,17)18/h2-10H,1H3;1-5H. The number of halogens is 11. The molecule has 0 N–H and O–H groups in total. The summed E-state index contributed by atoms with van der Waals surface area (Å²) in [5.74, 6) is -1.31. The smallest absolute Gasteiger partial charge is 0.355 e. The van der Waals surface area contributed by atoms with E-state index >= 15 is 0 Å². The molecular weight excluding hydrogens is 778 g/mol. The second kappa shape index (κ2) is 13.8. The van der Waals surface area contributed by atoms with Gasteiger partial charge in [-0.1, -0.05) is 59.6 Å². The number of benzene rings is 3. The number of aromatic nitrogens is 4. The van der Waals surface area contributed by atoms with E-state index in [0.29, 0.717) is 0 Å². The van der Waals surface area contributed by atoms with Crippen LogP contribution in [0.4, 0.5) is 39.5 Å². The summed E-state index contributed by atoms with van der Waals surface area (Å²) in [5, 5.41) is 6.69. The fraction of sp³-hybridized carbons (Fsp3) is 0.143. The highest BCUT2D eigenvalue weighted by Gasteiger charge is 2.49. The third-order valence-corrected chi connectivity index (χ3v) is 8.87. The third-order valence-electron chi connectivity index (χ3n) is 6.16. The van der Waals surface area contributed by atoms with Crippen LogP contribution >= 0.6 is 23.2 Å². The van der Waals surface area contributed by atoms with E-state index in [4.69, 9.17) is 23.2 Å². The summed E-state index contributed by atoms with van der Waals surface area (Å²) in [6.45, 7) is 0. The van der Waals surface area contributed by atoms with Crippen LogP contribution in [0, 0.1) is 0 Å². The van der Waals surface area contributed by atoms with Gasteiger partial charge in [0, 0.05) is 17.9 Å². The molecule has 0 aliphatic carbocycles. The summed E-state index contributed by atoms with van der Waals surface area (Å²) in [5.41, 5.74) is -8.29. The Morgan fingerprint density at radius 3 is 1.60 bits per heavy atom. The van der Waals surface area contributed by atoms with E-state index in [-0.39, 0.29) is 48.3 Å². The molecule has 0 saturated carbocycles. The fourth-order valence-electron chi connectivity index (χ4n) is 3.94. The van der Waals surface area contributed by atoms with Crippen LogP contribution < -0.4 is 4.18 Å². The zero-order valence-electron chi connectivity index (χ0n) is 24.4. The Hall–Kier alpha value is -4.27. The first kappa shape index (κ1) is 38.5. The molecule has 5 rings (SSSR count). The topological polar surface area (TPSA) is 113 Å². The minimum absolute atomic E-state index is 0.00420. The molecule has 0 aliphatic rings. The third kappa shape index (κ3) is 8.71. The van der Waals surface area contributed by atoms with E-state index in [0.717, 1.165) is 23.1 Å². The molecule has 0 radical (unpaired) electrons. The van der Waals surface area contributed by atoms with Gasteiger partial charge in [0.25, 0.3) is 0 Å². The fourth-order valence-corrected chi connectivity index (χ4v) is 5.47. The molecule has 2 heterocycles. The Morgan fingerprint density at radius 2 is 1.12 bits per heavy atom. The highest BCUT2D eigenvalue weighted by atomic mass is 35.5. The molecule has 0 fully saturated rings. The molecule has 0 amide bonds. The van der Waals surface area contributed by atoms with Crippen LogP contribution in [0.5, 0.6) is 5.88 Å². The van der Waals surface area contributed by atoms with E-state index in [1.165, 1.54) is 54.6 Å². The number of nitrogens with zero attached hydrogens (tertiary/aromatic N) is 4. The van der Waals surface area contributed by atoms with Crippen molar-refractivity contribution in [2.45, 2.75) is 22.8 Å². The molecule has 2 aromatic heterocycles. The first-order valence-electron chi connectivity index (χ1n) is 13.1. The van der Waals surface area contributed by atoms with Gasteiger partial charge in [-0.2, -0.15) is 62.8 Å². The molecule has 9 nitrogen and oxygen atoms in total. The van der Waals surface area contributed by atoms with Gasteiger partial charge in [0.1, 0.15) is 0 Å². The van der Waals surface area contributed by atoms with Crippen molar-refractivity contribution < 1.29 is 60.5 Å². The lowest BCUT2D eigenvalue weighted by Gasteiger charge is -2.11. The maximum atomic E-state index is 13.2. The normalized spacial score (nSPS) is 12.7. The van der Waals surface area contributed by atoms with E-state index in [2.05, 4.69) is 14.4 Å². The number of para-hydroxylation sites is 2. The van der Waals surface area contributed by atoms with Crippen LogP contribution in [-0.4, -0.2) is 48.2 Å². The molecular formula is C28H17Cl2F9N4O5S2. The summed E-state index contributed by atoms with van der Waals surface area (Å²) in [6, 6.07) is 17.9. The summed E-state index contributed by atoms with van der Waals surface area (Å²) >= 11 is 11.9. The maximum absolute atomic E-state index is 13.2. The van der Waals surface area contributed by atoms with Gasteiger partial charge < -0.3 is 4.18 Å². The molecule has 268 valence electrons. The van der Waals surface area contributed by atoms with Gasteiger partial charge in [-0.25, -0.2) is 13.1 Å². The highest BCUT2D eigenvalue weighted by molar-refractivity contribution is 7.90. The molecule has 0 atom stereocenters. The molecule has 0 spiro atoms. The second-order valence-corrected chi connectivity index (χ2v) is 14.2. The molecule has 22 heteroatoms. The van der Waals surface area contributed by atoms with Crippen molar-refractivity contribution >= 4 is 43.2 Å². The van der Waals surface area contributed by atoms with Crippen molar-refractivity contribution in [2.24, 2.45) is 0 Å². The first-order valence-corrected chi connectivity index (χ1v) is 17.1. The maximum Gasteiger partial charge on any atom is 0.534 e. The van der Waals surface area contributed by atoms with Gasteiger partial charge in [0.05, 0.1) is 32.0 Å². The molecule has 0 saturated heterocycles. The van der Waals surface area contributed by atoms with Gasteiger partial charge in [-0.3, -0.25) is 0 Å². The number of hydrogen-bond donors (Lipinski definition) is 0. The summed E-state index contributed by atoms with van der Waals surface area (Å²) in [6.07, 6.45) is -8.68. The number of alkyl halides is 9. The minimum atomic E-state index is -6.20. The lowest BCUT2D eigenvalue weighted by molar-refractivity contribution is -0.142. The van der Waals surface area contributed by atoms with Crippen LogP contribution in [0.1, 0.15) is 11.4 Å². The molecule has 5 aromatic rings.